The van der Waals surface area contributed by atoms with Gasteiger partial charge in [0.1, 0.15) is 5.56 Å². The van der Waals surface area contributed by atoms with Crippen LogP contribution < -0.4 is 11.2 Å². The smallest absolute Gasteiger partial charge is 0.333 e. The molecule has 1 N–H and O–H groups in total. The zero-order valence-electron chi connectivity index (χ0n) is 14.9. The number of hydrogen-bond acceptors (Lipinski definition) is 4. The lowest BCUT2D eigenvalue weighted by Gasteiger charge is -2.10. The van der Waals surface area contributed by atoms with E-state index in [1.165, 1.54) is 14.1 Å². The van der Waals surface area contributed by atoms with Crippen LogP contribution in [0.1, 0.15) is 16.7 Å². The fourth-order valence-electron chi connectivity index (χ4n) is 3.20. The van der Waals surface area contributed by atoms with Crippen LogP contribution in [-0.4, -0.2) is 20.0 Å². The molecule has 0 saturated carbocycles. The third-order valence-corrected chi connectivity index (χ3v) is 4.69. The zero-order valence-corrected chi connectivity index (χ0v) is 14.9. The highest BCUT2D eigenvalue weighted by Crippen LogP contribution is 2.38. The van der Waals surface area contributed by atoms with Crippen molar-refractivity contribution in [1.29, 1.82) is 0 Å². The number of benzene rings is 2. The molecule has 6 nitrogen and oxygen atoms in total. The van der Waals surface area contributed by atoms with E-state index in [-0.39, 0.29) is 11.4 Å². The molecule has 27 heavy (non-hydrogen) atoms. The summed E-state index contributed by atoms with van der Waals surface area (Å²) in [6, 6.07) is 17.3. The molecule has 0 radical (unpaired) electrons. The van der Waals surface area contributed by atoms with Crippen molar-refractivity contribution in [3.63, 3.8) is 0 Å². The summed E-state index contributed by atoms with van der Waals surface area (Å²) in [6.07, 6.45) is 1.61. The lowest BCUT2D eigenvalue weighted by atomic mass is 9.96. The lowest BCUT2D eigenvalue weighted by Crippen LogP contribution is -2.38. The van der Waals surface area contributed by atoms with Gasteiger partial charge >= 0.3 is 5.69 Å². The van der Waals surface area contributed by atoms with Crippen molar-refractivity contribution in [2.75, 3.05) is 0 Å². The van der Waals surface area contributed by atoms with Gasteiger partial charge in [-0.2, -0.15) is 0 Å². The summed E-state index contributed by atoms with van der Waals surface area (Å²) >= 11 is 0. The first-order chi connectivity index (χ1) is 13.0. The Balaban J connectivity index is 2.01. The van der Waals surface area contributed by atoms with Crippen molar-refractivity contribution >= 4 is 23.0 Å². The van der Waals surface area contributed by atoms with E-state index >= 15 is 0 Å². The number of rotatable bonds is 2. The Morgan fingerprint density at radius 3 is 2.33 bits per heavy atom. The summed E-state index contributed by atoms with van der Waals surface area (Å²) < 4.78 is 2.03. The van der Waals surface area contributed by atoms with E-state index in [4.69, 9.17) is 4.99 Å². The molecule has 134 valence electrons. The van der Waals surface area contributed by atoms with Crippen LogP contribution in [0.2, 0.25) is 0 Å². The molecule has 0 spiro atoms. The van der Waals surface area contributed by atoms with Gasteiger partial charge in [-0.15, -0.1) is 0 Å². The summed E-state index contributed by atoms with van der Waals surface area (Å²) in [5, 5.41) is 10.4. The molecular formula is C21H17N3O3. The summed E-state index contributed by atoms with van der Waals surface area (Å²) in [5.74, 6) is -0.368. The van der Waals surface area contributed by atoms with E-state index < -0.39 is 11.2 Å². The van der Waals surface area contributed by atoms with Gasteiger partial charge in [0.15, 0.2) is 0 Å². The van der Waals surface area contributed by atoms with Crippen molar-refractivity contribution in [2.24, 2.45) is 19.1 Å². The number of fused-ring (bicyclic) bond motifs is 1. The minimum absolute atomic E-state index is 0.0509. The molecule has 0 fully saturated rings. The van der Waals surface area contributed by atoms with Gasteiger partial charge in [0, 0.05) is 30.8 Å². The van der Waals surface area contributed by atoms with Crippen molar-refractivity contribution in [3.8, 4) is 5.88 Å². The number of allylic oxidation sites excluding steroid dienone is 1. The van der Waals surface area contributed by atoms with Gasteiger partial charge in [0.05, 0.1) is 11.4 Å². The first kappa shape index (κ1) is 16.8. The molecule has 3 aromatic rings. The normalized spacial score (nSPS) is 14.3. The van der Waals surface area contributed by atoms with E-state index in [0.717, 1.165) is 31.5 Å². The van der Waals surface area contributed by atoms with Crippen molar-refractivity contribution in [3.05, 3.63) is 92.1 Å². The van der Waals surface area contributed by atoms with Crippen molar-refractivity contribution in [2.45, 2.75) is 0 Å². The van der Waals surface area contributed by atoms with Crippen molar-refractivity contribution in [1.82, 2.24) is 9.13 Å². The van der Waals surface area contributed by atoms with Crippen LogP contribution in [0.25, 0.3) is 11.6 Å². The maximum absolute atomic E-state index is 12.6. The largest absolute Gasteiger partial charge is 0.494 e. The Morgan fingerprint density at radius 1 is 0.926 bits per heavy atom. The first-order valence-electron chi connectivity index (χ1n) is 8.43. The number of nitrogens with zero attached hydrogens (tertiary/aromatic N) is 3. The zero-order chi connectivity index (χ0) is 19.1. The molecule has 1 aliphatic rings. The summed E-state index contributed by atoms with van der Waals surface area (Å²) in [6.45, 7) is 0. The second-order valence-corrected chi connectivity index (χ2v) is 6.34. The number of aromatic nitrogens is 2. The minimum Gasteiger partial charge on any atom is -0.494 e. The number of para-hydroxylation sites is 1. The van der Waals surface area contributed by atoms with Gasteiger partial charge in [0.2, 0.25) is 5.88 Å². The molecule has 1 aliphatic heterocycles. The van der Waals surface area contributed by atoms with Gasteiger partial charge in [-0.1, -0.05) is 48.5 Å². The van der Waals surface area contributed by atoms with Crippen LogP contribution >= 0.6 is 0 Å². The molecule has 0 bridgehead atoms. The molecule has 2 aromatic carbocycles. The van der Waals surface area contributed by atoms with Crippen LogP contribution in [-0.2, 0) is 14.1 Å². The molecule has 0 unspecified atom stereocenters. The quantitative estimate of drug-likeness (QED) is 0.764. The lowest BCUT2D eigenvalue weighted by molar-refractivity contribution is 0.410. The van der Waals surface area contributed by atoms with Gasteiger partial charge in [-0.05, 0) is 12.1 Å². The second kappa shape index (κ2) is 6.25. The van der Waals surface area contributed by atoms with Gasteiger partial charge in [-0.3, -0.25) is 13.9 Å². The average Bonchev–Trinajstić information content (AvgIpc) is 3.07. The maximum atomic E-state index is 12.6. The summed E-state index contributed by atoms with van der Waals surface area (Å²) in [7, 11) is 2.81. The van der Waals surface area contributed by atoms with Crippen molar-refractivity contribution < 1.29 is 5.11 Å². The van der Waals surface area contributed by atoms with Crippen LogP contribution in [0.4, 0.5) is 5.69 Å². The predicted octanol–water partition coefficient (Wildman–Crippen LogP) is 2.46. The molecular weight excluding hydrogens is 342 g/mol. The standard InChI is InChI=1S/C21H17N3O3/c1-23-19(25)16(20(26)24(2)21(23)27)12-15-14-10-6-7-11-17(14)22-18(15)13-8-4-3-5-9-13/h3-12,25H,1-2H3/b15-12+. The Kier molecular flexibility index (Phi) is 3.88. The van der Waals surface area contributed by atoms with E-state index in [1.807, 2.05) is 54.6 Å². The van der Waals surface area contributed by atoms with Gasteiger partial charge < -0.3 is 5.11 Å². The van der Waals surface area contributed by atoms with Crippen LogP contribution in [0.3, 0.4) is 0 Å². The Bertz CT molecular complexity index is 1230. The Morgan fingerprint density at radius 2 is 1.59 bits per heavy atom. The highest BCUT2D eigenvalue weighted by atomic mass is 16.3. The molecule has 0 amide bonds. The van der Waals surface area contributed by atoms with Gasteiger partial charge in [0.25, 0.3) is 5.56 Å². The Labute approximate surface area is 155 Å². The number of hydrogen-bond donors (Lipinski definition) is 1. The van der Waals surface area contributed by atoms with E-state index in [1.54, 1.807) is 6.08 Å². The second-order valence-electron chi connectivity index (χ2n) is 6.34. The fourth-order valence-corrected chi connectivity index (χ4v) is 3.20. The highest BCUT2D eigenvalue weighted by molar-refractivity contribution is 6.39. The topological polar surface area (TPSA) is 76.6 Å². The SMILES string of the molecule is Cn1c(O)c(/C=C2/C(c3ccccc3)=Nc3ccccc32)c(=O)n(C)c1=O. The first-order valence-corrected chi connectivity index (χ1v) is 8.43. The average molecular weight is 359 g/mol. The number of aromatic hydroxyl groups is 1. The number of aliphatic imine (C=N–C) groups is 1. The third kappa shape index (κ3) is 2.62. The molecule has 0 saturated heterocycles. The predicted molar refractivity (Wildman–Crippen MR) is 106 cm³/mol. The van der Waals surface area contributed by atoms with Crippen LogP contribution in [0.15, 0.2) is 69.2 Å². The monoisotopic (exact) mass is 359 g/mol. The molecule has 0 atom stereocenters. The molecule has 1 aromatic heterocycles. The minimum atomic E-state index is -0.580. The summed E-state index contributed by atoms with van der Waals surface area (Å²) in [4.78, 5) is 29.3. The molecule has 2 heterocycles. The third-order valence-electron chi connectivity index (χ3n) is 4.69. The van der Waals surface area contributed by atoms with E-state index in [2.05, 4.69) is 0 Å². The van der Waals surface area contributed by atoms with E-state index in [9.17, 15) is 14.7 Å². The highest BCUT2D eigenvalue weighted by Gasteiger charge is 2.23. The van der Waals surface area contributed by atoms with Crippen LogP contribution in [0.5, 0.6) is 5.88 Å². The van der Waals surface area contributed by atoms with Gasteiger partial charge in [-0.25, -0.2) is 9.79 Å². The fraction of sp³-hybridized carbons (Fsp3) is 0.0952. The molecule has 0 aliphatic carbocycles. The summed E-state index contributed by atoms with van der Waals surface area (Å²) in [5.41, 5.74) is 2.92. The van der Waals surface area contributed by atoms with E-state index in [0.29, 0.717) is 5.71 Å². The van der Waals surface area contributed by atoms with Crippen LogP contribution in [0, 0.1) is 0 Å². The maximum Gasteiger partial charge on any atom is 0.333 e. The molecule has 4 rings (SSSR count). The Hall–Kier alpha value is -3.67. The molecule has 6 heteroatoms.